The first-order valence-electron chi connectivity index (χ1n) is 5.22. The summed E-state index contributed by atoms with van der Waals surface area (Å²) in [6.07, 6.45) is -7.63. The van der Waals surface area contributed by atoms with E-state index in [4.69, 9.17) is 24.8 Å². The second-order valence-corrected chi connectivity index (χ2v) is 3.87. The zero-order valence-corrected chi connectivity index (χ0v) is 9.09. The van der Waals surface area contributed by atoms with Crippen LogP contribution >= 0.6 is 0 Å². The van der Waals surface area contributed by atoms with E-state index in [1.54, 1.807) is 0 Å². The van der Waals surface area contributed by atoms with Gasteiger partial charge in [0.15, 0.2) is 6.29 Å². The summed E-state index contributed by atoms with van der Waals surface area (Å²) in [5.41, 5.74) is 0. The topological polar surface area (TPSA) is 140 Å². The Morgan fingerprint density at radius 1 is 1.06 bits per heavy atom. The molecular weight excluding hydrogens is 236 g/mol. The Kier molecular flexibility index (Phi) is 5.70. The van der Waals surface area contributed by atoms with Gasteiger partial charge in [-0.3, -0.25) is 0 Å². The van der Waals surface area contributed by atoms with Crippen molar-refractivity contribution in [3.8, 4) is 0 Å². The fraction of sp³-hybridized carbons (Fsp3) is 1.00. The maximum atomic E-state index is 9.52. The van der Waals surface area contributed by atoms with E-state index in [9.17, 15) is 15.3 Å². The molecular formula is C9H18O8. The number of rotatable bonds is 6. The first-order chi connectivity index (χ1) is 8.01. The third-order valence-corrected chi connectivity index (χ3v) is 2.49. The minimum atomic E-state index is -1.40. The van der Waals surface area contributed by atoms with Crippen LogP contribution < -0.4 is 0 Å². The van der Waals surface area contributed by atoms with Crippen LogP contribution in [0.25, 0.3) is 0 Å². The molecule has 8 heteroatoms. The van der Waals surface area contributed by atoms with Crippen LogP contribution in [0.15, 0.2) is 0 Å². The van der Waals surface area contributed by atoms with Gasteiger partial charge in [0.2, 0.25) is 0 Å². The monoisotopic (exact) mass is 254 g/mol. The number of hydrogen-bond acceptors (Lipinski definition) is 8. The lowest BCUT2D eigenvalue weighted by molar-refractivity contribution is -0.192. The van der Waals surface area contributed by atoms with Crippen LogP contribution in [0, 0.1) is 0 Å². The van der Waals surface area contributed by atoms with Crippen molar-refractivity contribution in [2.45, 2.75) is 36.8 Å². The summed E-state index contributed by atoms with van der Waals surface area (Å²) in [5, 5.41) is 54.6. The summed E-state index contributed by atoms with van der Waals surface area (Å²) in [6.45, 7) is -1.42. The van der Waals surface area contributed by atoms with Gasteiger partial charge in [-0.15, -0.1) is 0 Å². The minimum Gasteiger partial charge on any atom is -0.394 e. The molecule has 1 saturated heterocycles. The summed E-state index contributed by atoms with van der Waals surface area (Å²) in [6, 6.07) is 0. The molecule has 0 aromatic carbocycles. The van der Waals surface area contributed by atoms with Gasteiger partial charge >= 0.3 is 0 Å². The summed E-state index contributed by atoms with van der Waals surface area (Å²) < 4.78 is 9.94. The third-order valence-electron chi connectivity index (χ3n) is 2.49. The molecule has 17 heavy (non-hydrogen) atoms. The summed E-state index contributed by atoms with van der Waals surface area (Å²) in [4.78, 5) is 0. The average Bonchev–Trinajstić information content (AvgIpc) is 2.62. The van der Waals surface area contributed by atoms with E-state index in [-0.39, 0.29) is 6.61 Å². The molecule has 1 fully saturated rings. The molecule has 0 aliphatic carbocycles. The predicted molar refractivity (Wildman–Crippen MR) is 52.8 cm³/mol. The van der Waals surface area contributed by atoms with E-state index >= 15 is 0 Å². The summed E-state index contributed by atoms with van der Waals surface area (Å²) >= 11 is 0. The van der Waals surface area contributed by atoms with Crippen molar-refractivity contribution < 1.29 is 40.1 Å². The highest BCUT2D eigenvalue weighted by Gasteiger charge is 2.46. The van der Waals surface area contributed by atoms with Crippen LogP contribution in [0.1, 0.15) is 0 Å². The highest BCUT2D eigenvalue weighted by molar-refractivity contribution is 4.90. The van der Waals surface area contributed by atoms with Gasteiger partial charge in [-0.1, -0.05) is 0 Å². The maximum absolute atomic E-state index is 9.52. The van der Waals surface area contributed by atoms with Gasteiger partial charge in [0.05, 0.1) is 19.8 Å². The second-order valence-electron chi connectivity index (χ2n) is 3.87. The first kappa shape index (κ1) is 14.7. The number of aliphatic hydroxyl groups excluding tert-OH is 6. The van der Waals surface area contributed by atoms with Gasteiger partial charge in [-0.2, -0.15) is 0 Å². The van der Waals surface area contributed by atoms with E-state index in [1.807, 2.05) is 0 Å². The fourth-order valence-corrected chi connectivity index (χ4v) is 1.49. The summed E-state index contributed by atoms with van der Waals surface area (Å²) in [5.74, 6) is 0. The third kappa shape index (κ3) is 3.57. The van der Waals surface area contributed by atoms with Crippen LogP contribution in [0.4, 0.5) is 0 Å². The van der Waals surface area contributed by atoms with E-state index in [0.29, 0.717) is 0 Å². The number of hydrogen-bond donors (Lipinski definition) is 6. The van der Waals surface area contributed by atoms with E-state index < -0.39 is 50.0 Å². The molecule has 1 heterocycles. The Morgan fingerprint density at radius 3 is 2.24 bits per heavy atom. The maximum Gasteiger partial charge on any atom is 0.186 e. The van der Waals surface area contributed by atoms with Gasteiger partial charge in [0.25, 0.3) is 0 Å². The Bertz CT molecular complexity index is 225. The fourth-order valence-electron chi connectivity index (χ4n) is 1.49. The van der Waals surface area contributed by atoms with Crippen LogP contribution in [-0.4, -0.2) is 87.3 Å². The largest absolute Gasteiger partial charge is 0.394 e. The SMILES string of the molecule is OCC(O)CO[C@H]1O[C@@H]([C@H](O)CO)[C@H](O)[C@H]1O. The van der Waals surface area contributed by atoms with Crippen LogP contribution in [0.2, 0.25) is 0 Å². The van der Waals surface area contributed by atoms with Crippen molar-refractivity contribution in [2.75, 3.05) is 19.8 Å². The van der Waals surface area contributed by atoms with Crippen molar-refractivity contribution in [2.24, 2.45) is 0 Å². The molecule has 0 amide bonds. The second kappa shape index (κ2) is 6.57. The lowest BCUT2D eigenvalue weighted by Crippen LogP contribution is -2.40. The Labute approximate surface area is 97.6 Å². The minimum absolute atomic E-state index is 0.285. The summed E-state index contributed by atoms with van der Waals surface area (Å²) in [7, 11) is 0. The normalized spacial score (nSPS) is 37.1. The van der Waals surface area contributed by atoms with E-state index in [1.165, 1.54) is 0 Å². The number of ether oxygens (including phenoxy) is 2. The van der Waals surface area contributed by atoms with Crippen molar-refractivity contribution in [3.05, 3.63) is 0 Å². The Balaban J connectivity index is 2.47. The molecule has 1 aliphatic heterocycles. The molecule has 1 rings (SSSR count). The molecule has 102 valence electrons. The van der Waals surface area contributed by atoms with Crippen molar-refractivity contribution >= 4 is 0 Å². The zero-order valence-electron chi connectivity index (χ0n) is 9.09. The lowest BCUT2D eigenvalue weighted by atomic mass is 10.1. The Morgan fingerprint density at radius 2 is 1.71 bits per heavy atom. The smallest absolute Gasteiger partial charge is 0.186 e. The van der Waals surface area contributed by atoms with Crippen molar-refractivity contribution in [1.82, 2.24) is 0 Å². The van der Waals surface area contributed by atoms with Gasteiger partial charge < -0.3 is 40.1 Å². The van der Waals surface area contributed by atoms with Crippen LogP contribution in [0.5, 0.6) is 0 Å². The molecule has 1 aliphatic rings. The predicted octanol–water partition coefficient (Wildman–Crippen LogP) is -3.84. The highest BCUT2D eigenvalue weighted by Crippen LogP contribution is 2.24. The van der Waals surface area contributed by atoms with E-state index in [2.05, 4.69) is 0 Å². The average molecular weight is 254 g/mol. The lowest BCUT2D eigenvalue weighted by Gasteiger charge is -2.18. The molecule has 0 aromatic rings. The molecule has 0 spiro atoms. The molecule has 8 nitrogen and oxygen atoms in total. The van der Waals surface area contributed by atoms with Gasteiger partial charge in [0, 0.05) is 0 Å². The van der Waals surface area contributed by atoms with Gasteiger partial charge in [-0.05, 0) is 0 Å². The Hall–Kier alpha value is -0.320. The van der Waals surface area contributed by atoms with Gasteiger partial charge in [0.1, 0.15) is 30.5 Å². The van der Waals surface area contributed by atoms with E-state index in [0.717, 1.165) is 0 Å². The molecule has 0 radical (unpaired) electrons. The first-order valence-corrected chi connectivity index (χ1v) is 5.22. The molecule has 0 saturated carbocycles. The molecule has 1 unspecified atom stereocenters. The molecule has 6 N–H and O–H groups in total. The van der Waals surface area contributed by atoms with Crippen LogP contribution in [0.3, 0.4) is 0 Å². The molecule has 0 bridgehead atoms. The quantitative estimate of drug-likeness (QED) is 0.283. The van der Waals surface area contributed by atoms with Gasteiger partial charge in [-0.25, -0.2) is 0 Å². The van der Waals surface area contributed by atoms with Crippen molar-refractivity contribution in [1.29, 1.82) is 0 Å². The zero-order chi connectivity index (χ0) is 13.0. The highest BCUT2D eigenvalue weighted by atomic mass is 16.7. The van der Waals surface area contributed by atoms with Crippen LogP contribution in [-0.2, 0) is 9.47 Å². The molecule has 6 atom stereocenters. The molecule has 0 aromatic heterocycles. The van der Waals surface area contributed by atoms with Crippen molar-refractivity contribution in [3.63, 3.8) is 0 Å². The standard InChI is InChI=1S/C9H18O8/c10-1-4(12)3-16-9-7(15)6(14)8(17-9)5(13)2-11/h4-15H,1-3H2/t4?,5-,6-,7-,8+,9+/m1/s1. The number of aliphatic hydroxyl groups is 6.